The maximum Gasteiger partial charge on any atom is 0.245 e. The van der Waals surface area contributed by atoms with Gasteiger partial charge in [0, 0.05) is 12.5 Å². The van der Waals surface area contributed by atoms with Crippen molar-refractivity contribution in [2.24, 2.45) is 5.92 Å². The first-order valence-electron chi connectivity index (χ1n) is 9.34. The largest absolute Gasteiger partial charge is 0.394 e. The lowest BCUT2D eigenvalue weighted by atomic mass is 10.0. The van der Waals surface area contributed by atoms with Crippen molar-refractivity contribution < 1.29 is 25.7 Å². The normalized spacial score (nSPS) is 19.6. The molecule has 9 heteroatoms. The van der Waals surface area contributed by atoms with Crippen LogP contribution < -0.4 is 21.3 Å². The SMILES string of the molecule is [2H]N(C(=O)[C@@H]1CCC(=O)N1)[C@@H](CO)C(=O)N[C@@H](CC(C)C)C(=O)NC(C)C. The van der Waals surface area contributed by atoms with E-state index in [9.17, 15) is 24.3 Å². The first-order chi connectivity index (χ1) is 12.6. The molecule has 3 atom stereocenters. The Morgan fingerprint density at radius 1 is 1.19 bits per heavy atom. The van der Waals surface area contributed by atoms with Gasteiger partial charge in [0.05, 0.1) is 6.61 Å². The molecule has 5 N–H and O–H groups in total. The van der Waals surface area contributed by atoms with E-state index in [0.29, 0.717) is 11.7 Å². The molecule has 0 aliphatic carbocycles. The van der Waals surface area contributed by atoms with Gasteiger partial charge in [0.2, 0.25) is 23.6 Å². The first kappa shape index (κ1) is 20.2. The van der Waals surface area contributed by atoms with Crippen LogP contribution in [0.4, 0.5) is 0 Å². The predicted molar refractivity (Wildman–Crippen MR) is 94.8 cm³/mol. The molecule has 0 radical (unpaired) electrons. The van der Waals surface area contributed by atoms with Gasteiger partial charge in [0.1, 0.15) is 18.1 Å². The number of carbonyl (C=O) groups excluding carboxylic acids is 4. The Kier molecular flexibility index (Phi) is 7.83. The number of carbonyl (C=O) groups is 4. The van der Waals surface area contributed by atoms with Crippen molar-refractivity contribution >= 4 is 23.6 Å². The second kappa shape index (κ2) is 10.1. The second-order valence-electron chi connectivity index (χ2n) is 7.18. The number of nitrogens with one attached hydrogen (secondary N) is 4. The van der Waals surface area contributed by atoms with E-state index in [1.54, 1.807) is 13.8 Å². The highest BCUT2D eigenvalue weighted by atomic mass is 16.3. The van der Waals surface area contributed by atoms with Crippen LogP contribution in [0.1, 0.15) is 47.0 Å². The summed E-state index contributed by atoms with van der Waals surface area (Å²) in [6.07, 6.45) is 0.777. The van der Waals surface area contributed by atoms with Gasteiger partial charge in [-0.25, -0.2) is 0 Å². The highest BCUT2D eigenvalue weighted by Crippen LogP contribution is 2.08. The van der Waals surface area contributed by atoms with Gasteiger partial charge in [0.25, 0.3) is 0 Å². The van der Waals surface area contributed by atoms with Gasteiger partial charge in [-0.2, -0.15) is 0 Å². The number of aliphatic hydroxyl groups is 1. The molecule has 148 valence electrons. The van der Waals surface area contributed by atoms with Crippen LogP contribution in [-0.4, -0.2) is 59.5 Å². The van der Waals surface area contributed by atoms with Gasteiger partial charge < -0.3 is 26.4 Å². The predicted octanol–water partition coefficient (Wildman–Crippen LogP) is -1.20. The summed E-state index contributed by atoms with van der Waals surface area (Å²) in [5.74, 6) is -2.12. The molecule has 26 heavy (non-hydrogen) atoms. The summed E-state index contributed by atoms with van der Waals surface area (Å²) in [5, 5.41) is 17.6. The molecule has 9 nitrogen and oxygen atoms in total. The fourth-order valence-corrected chi connectivity index (χ4v) is 2.58. The fourth-order valence-electron chi connectivity index (χ4n) is 2.58. The number of rotatable bonds is 9. The van der Waals surface area contributed by atoms with Crippen molar-refractivity contribution in [2.75, 3.05) is 6.61 Å². The molecule has 0 aromatic rings. The lowest BCUT2D eigenvalue weighted by Crippen LogP contribution is -2.57. The molecule has 1 fully saturated rings. The summed E-state index contributed by atoms with van der Waals surface area (Å²) in [6.45, 7) is 6.61. The molecule has 4 amide bonds. The minimum atomic E-state index is -1.48. The Morgan fingerprint density at radius 2 is 1.81 bits per heavy atom. The molecule has 0 aromatic heterocycles. The molecule has 0 saturated carbocycles. The molecule has 0 bridgehead atoms. The topological polar surface area (TPSA) is 137 Å². The third-order valence-corrected chi connectivity index (χ3v) is 3.82. The summed E-state index contributed by atoms with van der Waals surface area (Å²) in [4.78, 5) is 48.4. The third kappa shape index (κ3) is 6.99. The zero-order valence-electron chi connectivity index (χ0n) is 16.7. The molecule has 1 saturated heterocycles. The zero-order valence-corrected chi connectivity index (χ0v) is 15.7. The zero-order chi connectivity index (χ0) is 20.7. The quantitative estimate of drug-likeness (QED) is 0.347. The van der Waals surface area contributed by atoms with Crippen LogP contribution in [0.15, 0.2) is 0 Å². The first-order valence-corrected chi connectivity index (χ1v) is 8.89. The van der Waals surface area contributed by atoms with Crippen LogP contribution >= 0.6 is 0 Å². The van der Waals surface area contributed by atoms with E-state index < -0.39 is 36.5 Å². The highest BCUT2D eigenvalue weighted by molar-refractivity contribution is 5.95. The summed E-state index contributed by atoms with van der Waals surface area (Å²) in [6, 6.07) is -3.31. The van der Waals surface area contributed by atoms with Gasteiger partial charge in [-0.1, -0.05) is 13.8 Å². The summed E-state index contributed by atoms with van der Waals surface area (Å²) in [5.41, 5.74) is 0. The van der Waals surface area contributed by atoms with Crippen molar-refractivity contribution in [1.29, 1.82) is 0 Å². The molecule has 0 unspecified atom stereocenters. The minimum Gasteiger partial charge on any atom is -0.394 e. The maximum atomic E-state index is 12.5. The summed E-state index contributed by atoms with van der Waals surface area (Å²) >= 11 is 0. The second-order valence-corrected chi connectivity index (χ2v) is 7.18. The molecule has 1 aliphatic heterocycles. The number of amides is 4. The molecular weight excluding hydrogens is 340 g/mol. The average molecular weight is 371 g/mol. The Labute approximate surface area is 155 Å². The monoisotopic (exact) mass is 371 g/mol. The standard InChI is InChI=1S/C17H30N4O5/c1-9(2)7-12(16(25)18-10(3)4)20-17(26)13(8-22)21-15(24)11-5-6-14(23)19-11/h9-13,22H,5-8H2,1-4H3,(H,18,25)(H,19,23)(H,20,26)(H,21,24)/t11-,12-,13-/m0/s1/i/hD. The lowest BCUT2D eigenvalue weighted by molar-refractivity contribution is -0.134. The van der Waals surface area contributed by atoms with Crippen LogP contribution in [0.3, 0.4) is 0 Å². The van der Waals surface area contributed by atoms with Crippen molar-refractivity contribution in [1.82, 2.24) is 21.3 Å². The van der Waals surface area contributed by atoms with Gasteiger partial charge in [0.15, 0.2) is 1.41 Å². The maximum absolute atomic E-state index is 12.5. The highest BCUT2D eigenvalue weighted by Gasteiger charge is 2.31. The summed E-state index contributed by atoms with van der Waals surface area (Å²) < 4.78 is 7.91. The Bertz CT molecular complexity index is 570. The molecule has 1 rings (SSSR count). The smallest absolute Gasteiger partial charge is 0.245 e. The van der Waals surface area contributed by atoms with Gasteiger partial charge in [-0.05, 0) is 32.6 Å². The number of aliphatic hydroxyl groups excluding tert-OH is 1. The number of hydrogen-bond donors (Lipinski definition) is 5. The summed E-state index contributed by atoms with van der Waals surface area (Å²) in [7, 11) is 0. The van der Waals surface area contributed by atoms with Gasteiger partial charge >= 0.3 is 0 Å². The van der Waals surface area contributed by atoms with Gasteiger partial charge in [-0.15, -0.1) is 0 Å². The van der Waals surface area contributed by atoms with E-state index in [1.807, 2.05) is 13.8 Å². The lowest BCUT2D eigenvalue weighted by Gasteiger charge is -2.24. The van der Waals surface area contributed by atoms with Crippen molar-refractivity contribution in [2.45, 2.75) is 71.1 Å². The average Bonchev–Trinajstić information content (AvgIpc) is 2.99. The molecule has 1 heterocycles. The Balaban J connectivity index is 2.82. The van der Waals surface area contributed by atoms with Crippen LogP contribution in [0.5, 0.6) is 0 Å². The van der Waals surface area contributed by atoms with Gasteiger partial charge in [-0.3, -0.25) is 19.2 Å². The van der Waals surface area contributed by atoms with E-state index in [1.165, 1.54) is 0 Å². The fraction of sp³-hybridized carbons (Fsp3) is 0.765. The van der Waals surface area contributed by atoms with Crippen molar-refractivity contribution in [3.63, 3.8) is 0 Å². The molecule has 1 aliphatic rings. The van der Waals surface area contributed by atoms with E-state index in [2.05, 4.69) is 16.0 Å². The van der Waals surface area contributed by atoms with E-state index in [-0.39, 0.29) is 36.6 Å². The van der Waals surface area contributed by atoms with E-state index in [0.717, 1.165) is 0 Å². The minimum absolute atomic E-state index is 0.113. The van der Waals surface area contributed by atoms with Crippen LogP contribution in [-0.2, 0) is 19.2 Å². The number of hydrogen-bond acceptors (Lipinski definition) is 5. The molecular formula is C17H30N4O5. The van der Waals surface area contributed by atoms with E-state index >= 15 is 0 Å². The van der Waals surface area contributed by atoms with Crippen molar-refractivity contribution in [3.05, 3.63) is 0 Å². The Hall–Kier alpha value is -2.16. The van der Waals surface area contributed by atoms with Crippen LogP contribution in [0.25, 0.3) is 0 Å². The van der Waals surface area contributed by atoms with E-state index in [4.69, 9.17) is 1.41 Å². The third-order valence-electron chi connectivity index (χ3n) is 3.82. The molecule has 0 aromatic carbocycles. The Morgan fingerprint density at radius 3 is 2.27 bits per heavy atom. The van der Waals surface area contributed by atoms with Crippen LogP contribution in [0, 0.1) is 5.92 Å². The van der Waals surface area contributed by atoms with Crippen LogP contribution in [0.2, 0.25) is 1.41 Å². The molecule has 0 spiro atoms. The van der Waals surface area contributed by atoms with Crippen molar-refractivity contribution in [3.8, 4) is 0 Å².